The predicted molar refractivity (Wildman–Crippen MR) is 61.7 cm³/mol. The lowest BCUT2D eigenvalue weighted by atomic mass is 10.2. The fourth-order valence-electron chi connectivity index (χ4n) is 1.20. The second kappa shape index (κ2) is 4.49. The summed E-state index contributed by atoms with van der Waals surface area (Å²) in [6.45, 7) is 1.70. The first kappa shape index (κ1) is 10.9. The maximum absolute atomic E-state index is 13.2. The highest BCUT2D eigenvalue weighted by Gasteiger charge is 2.07. The van der Waals surface area contributed by atoms with Crippen LogP contribution in [0.2, 0.25) is 0 Å². The van der Waals surface area contributed by atoms with Crippen molar-refractivity contribution in [2.75, 3.05) is 5.73 Å². The largest absolute Gasteiger partial charge is 0.398 e. The van der Waals surface area contributed by atoms with Crippen molar-refractivity contribution >= 4 is 17.4 Å². The second-order valence-electron chi connectivity index (χ2n) is 3.27. The average Bonchev–Trinajstić information content (AvgIpc) is 2.27. The number of rotatable bonds is 2. The Balaban J connectivity index is 2.32. The third kappa shape index (κ3) is 2.30. The summed E-state index contributed by atoms with van der Waals surface area (Å²) >= 11 is 1.32. The molecule has 2 rings (SSSR count). The molecule has 0 aliphatic heterocycles. The van der Waals surface area contributed by atoms with Gasteiger partial charge in [-0.2, -0.15) is 0 Å². The Kier molecular flexibility index (Phi) is 3.05. The summed E-state index contributed by atoms with van der Waals surface area (Å²) in [5.74, 6) is -0.296. The van der Waals surface area contributed by atoms with Crippen LogP contribution in [0.5, 0.6) is 0 Å². The number of halogens is 1. The van der Waals surface area contributed by atoms with Crippen molar-refractivity contribution in [3.63, 3.8) is 0 Å². The van der Waals surface area contributed by atoms with Gasteiger partial charge in [0, 0.05) is 23.0 Å². The standard InChI is InChI=1S/C11H10FN3S/c1-7-5-10(9(13)6-8(7)12)16-11-14-3-2-4-15-11/h2-6H,13H2,1H3. The summed E-state index contributed by atoms with van der Waals surface area (Å²) < 4.78 is 13.2. The molecule has 1 aromatic heterocycles. The zero-order chi connectivity index (χ0) is 11.5. The van der Waals surface area contributed by atoms with E-state index < -0.39 is 0 Å². The smallest absolute Gasteiger partial charge is 0.192 e. The molecule has 82 valence electrons. The van der Waals surface area contributed by atoms with Crippen molar-refractivity contribution in [1.82, 2.24) is 9.97 Å². The molecule has 0 unspecified atom stereocenters. The molecule has 0 radical (unpaired) electrons. The van der Waals surface area contributed by atoms with Gasteiger partial charge in [-0.15, -0.1) is 0 Å². The van der Waals surface area contributed by atoms with Crippen molar-refractivity contribution < 1.29 is 4.39 Å². The van der Waals surface area contributed by atoms with Crippen LogP contribution in [0.1, 0.15) is 5.56 Å². The Labute approximate surface area is 96.9 Å². The molecule has 2 aromatic rings. The zero-order valence-electron chi connectivity index (χ0n) is 8.64. The van der Waals surface area contributed by atoms with E-state index in [1.807, 2.05) is 0 Å². The van der Waals surface area contributed by atoms with Gasteiger partial charge in [0.15, 0.2) is 5.16 Å². The van der Waals surface area contributed by atoms with E-state index in [2.05, 4.69) is 9.97 Å². The number of nitrogens with zero attached hydrogens (tertiary/aromatic N) is 2. The van der Waals surface area contributed by atoms with Crippen molar-refractivity contribution in [2.45, 2.75) is 17.0 Å². The van der Waals surface area contributed by atoms with Crippen LogP contribution < -0.4 is 5.73 Å². The Bertz CT molecular complexity index is 502. The third-order valence-electron chi connectivity index (χ3n) is 2.03. The van der Waals surface area contributed by atoms with Gasteiger partial charge in [0.05, 0.1) is 0 Å². The molecule has 0 spiro atoms. The van der Waals surface area contributed by atoms with E-state index in [9.17, 15) is 4.39 Å². The van der Waals surface area contributed by atoms with E-state index in [0.29, 0.717) is 16.4 Å². The van der Waals surface area contributed by atoms with Gasteiger partial charge in [-0.25, -0.2) is 14.4 Å². The van der Waals surface area contributed by atoms with Gasteiger partial charge in [-0.3, -0.25) is 0 Å². The highest BCUT2D eigenvalue weighted by molar-refractivity contribution is 7.99. The maximum Gasteiger partial charge on any atom is 0.192 e. The van der Waals surface area contributed by atoms with Crippen LogP contribution in [-0.2, 0) is 0 Å². The lowest BCUT2D eigenvalue weighted by Crippen LogP contribution is -1.93. The number of aromatic nitrogens is 2. The predicted octanol–water partition coefficient (Wildman–Crippen LogP) is 2.66. The molecule has 0 atom stereocenters. The van der Waals surface area contributed by atoms with E-state index in [0.717, 1.165) is 4.90 Å². The van der Waals surface area contributed by atoms with Crippen LogP contribution in [0.3, 0.4) is 0 Å². The van der Waals surface area contributed by atoms with Gasteiger partial charge in [0.2, 0.25) is 0 Å². The highest BCUT2D eigenvalue weighted by Crippen LogP contribution is 2.31. The van der Waals surface area contributed by atoms with Gasteiger partial charge in [0.25, 0.3) is 0 Å². The molecular formula is C11H10FN3S. The molecule has 1 heterocycles. The van der Waals surface area contributed by atoms with Crippen LogP contribution in [0.4, 0.5) is 10.1 Å². The molecule has 3 nitrogen and oxygen atoms in total. The summed E-state index contributed by atoms with van der Waals surface area (Å²) in [6.07, 6.45) is 3.31. The third-order valence-corrected chi connectivity index (χ3v) is 3.00. The number of anilines is 1. The minimum absolute atomic E-state index is 0.296. The summed E-state index contributed by atoms with van der Waals surface area (Å²) in [7, 11) is 0. The van der Waals surface area contributed by atoms with Gasteiger partial charge in [-0.1, -0.05) is 0 Å². The van der Waals surface area contributed by atoms with Crippen molar-refractivity contribution in [1.29, 1.82) is 0 Å². The number of aryl methyl sites for hydroxylation is 1. The van der Waals surface area contributed by atoms with E-state index in [1.165, 1.54) is 17.8 Å². The molecule has 2 N–H and O–H groups in total. The quantitative estimate of drug-likeness (QED) is 0.642. The molecular weight excluding hydrogens is 225 g/mol. The molecule has 0 amide bonds. The normalized spacial score (nSPS) is 10.4. The molecule has 16 heavy (non-hydrogen) atoms. The molecule has 1 aromatic carbocycles. The second-order valence-corrected chi connectivity index (χ2v) is 4.28. The summed E-state index contributed by atoms with van der Waals surface area (Å²) in [6, 6.07) is 4.76. The number of nitrogen functional groups attached to an aromatic ring is 1. The summed E-state index contributed by atoms with van der Waals surface area (Å²) in [4.78, 5) is 8.91. The number of hydrogen-bond donors (Lipinski definition) is 1. The van der Waals surface area contributed by atoms with E-state index >= 15 is 0 Å². The van der Waals surface area contributed by atoms with Crippen molar-refractivity contribution in [3.05, 3.63) is 42.0 Å². The van der Waals surface area contributed by atoms with E-state index in [1.54, 1.807) is 31.5 Å². The molecule has 0 fully saturated rings. The van der Waals surface area contributed by atoms with Crippen LogP contribution in [0.15, 0.2) is 40.6 Å². The van der Waals surface area contributed by atoms with Crippen LogP contribution in [0, 0.1) is 12.7 Å². The van der Waals surface area contributed by atoms with E-state index in [4.69, 9.17) is 5.73 Å². The molecule has 0 bridgehead atoms. The Morgan fingerprint density at radius 1 is 1.25 bits per heavy atom. The maximum atomic E-state index is 13.2. The lowest BCUT2D eigenvalue weighted by molar-refractivity contribution is 0.618. The van der Waals surface area contributed by atoms with E-state index in [-0.39, 0.29) is 5.82 Å². The average molecular weight is 235 g/mol. The Morgan fingerprint density at radius 2 is 1.94 bits per heavy atom. The van der Waals surface area contributed by atoms with Crippen LogP contribution >= 0.6 is 11.8 Å². The monoisotopic (exact) mass is 235 g/mol. The molecule has 0 saturated heterocycles. The first-order valence-electron chi connectivity index (χ1n) is 4.67. The zero-order valence-corrected chi connectivity index (χ0v) is 9.46. The van der Waals surface area contributed by atoms with Gasteiger partial charge in [-0.05, 0) is 42.4 Å². The summed E-state index contributed by atoms with van der Waals surface area (Å²) in [5.41, 5.74) is 6.69. The molecule has 0 aliphatic rings. The van der Waals surface area contributed by atoms with Gasteiger partial charge in [0.1, 0.15) is 5.82 Å². The molecule has 5 heteroatoms. The van der Waals surface area contributed by atoms with Crippen molar-refractivity contribution in [3.8, 4) is 0 Å². The van der Waals surface area contributed by atoms with Crippen molar-refractivity contribution in [2.24, 2.45) is 0 Å². The van der Waals surface area contributed by atoms with Crippen LogP contribution in [-0.4, -0.2) is 9.97 Å². The summed E-state index contributed by atoms with van der Waals surface area (Å²) in [5, 5.41) is 0.597. The number of nitrogens with two attached hydrogens (primary N) is 1. The fraction of sp³-hybridized carbons (Fsp3) is 0.0909. The number of benzene rings is 1. The first-order valence-corrected chi connectivity index (χ1v) is 5.49. The Morgan fingerprint density at radius 3 is 2.62 bits per heavy atom. The highest BCUT2D eigenvalue weighted by atomic mass is 32.2. The van der Waals surface area contributed by atoms with Gasteiger partial charge >= 0.3 is 0 Å². The minimum Gasteiger partial charge on any atom is -0.398 e. The number of hydrogen-bond acceptors (Lipinski definition) is 4. The minimum atomic E-state index is -0.296. The topological polar surface area (TPSA) is 51.8 Å². The SMILES string of the molecule is Cc1cc(Sc2ncccn2)c(N)cc1F. The lowest BCUT2D eigenvalue weighted by Gasteiger charge is -2.06. The molecule has 0 aliphatic carbocycles. The van der Waals surface area contributed by atoms with Crippen LogP contribution in [0.25, 0.3) is 0 Å². The van der Waals surface area contributed by atoms with Gasteiger partial charge < -0.3 is 5.73 Å². The fourth-order valence-corrected chi connectivity index (χ4v) is 2.03. The molecule has 0 saturated carbocycles. The first-order chi connectivity index (χ1) is 7.66. The Hall–Kier alpha value is -1.62.